The molecule has 1 aliphatic carbocycles. The molecule has 1 aliphatic rings. The van der Waals surface area contributed by atoms with Crippen molar-refractivity contribution in [1.82, 2.24) is 0 Å². The number of hydrogen-bond donors (Lipinski definition) is 0. The first-order chi connectivity index (χ1) is 23.3. The molecule has 0 nitrogen and oxygen atoms in total. The first-order valence-corrected chi connectivity index (χ1v) is 19.2. The van der Waals surface area contributed by atoms with Crippen LogP contribution in [0, 0.1) is 11.5 Å². The fraction of sp³-hybridized carbons (Fsp3) is 0.130. The molecular weight excluding hydrogens is 716 g/mol. The summed E-state index contributed by atoms with van der Waals surface area (Å²) in [5.41, 5.74) is 4.39. The Labute approximate surface area is 310 Å². The summed E-state index contributed by atoms with van der Waals surface area (Å²) < 4.78 is 0. The summed E-state index contributed by atoms with van der Waals surface area (Å²) in [6, 6.07) is 64.7. The second kappa shape index (κ2) is 18.9. The summed E-state index contributed by atoms with van der Waals surface area (Å²) in [6.45, 7) is 10.9. The van der Waals surface area contributed by atoms with Crippen molar-refractivity contribution < 1.29 is 19.5 Å². The average molecular weight is 761 g/mol. The molecule has 0 fully saturated rings. The van der Waals surface area contributed by atoms with Gasteiger partial charge < -0.3 is 0 Å². The van der Waals surface area contributed by atoms with Gasteiger partial charge in [-0.05, 0) is 47.7 Å². The molecule has 0 heterocycles. The quantitative estimate of drug-likeness (QED) is 0.0902. The van der Waals surface area contributed by atoms with E-state index in [1.807, 2.05) is 0 Å². The van der Waals surface area contributed by atoms with Crippen LogP contribution in [0.3, 0.4) is 0 Å². The largest absolute Gasteiger partial charge is 1.00 e. The molecule has 0 aromatic heterocycles. The van der Waals surface area contributed by atoms with E-state index in [1.165, 1.54) is 48.5 Å². The standard InChI is InChI=1S/2C18H15P.C10H15.Ru/c2*1-4-10-16(11-5-1)19(17-12-6-2-7-13-17)18-14-8-3-9-15-18;1-7-6-10(4,5)9(3)8(7)2;/h2*1-15H;1-5H3;/q;;-1;+1. The summed E-state index contributed by atoms with van der Waals surface area (Å²) in [5, 5.41) is 8.39. The van der Waals surface area contributed by atoms with Gasteiger partial charge in [-0.3, -0.25) is 6.08 Å². The molecule has 0 aliphatic heterocycles. The normalized spacial score (nSPS) is 13.0. The van der Waals surface area contributed by atoms with Crippen molar-refractivity contribution >= 4 is 47.7 Å². The molecular formula is C46H45P2Ru. The Morgan fingerprint density at radius 3 is 0.694 bits per heavy atom. The molecule has 3 heteroatoms. The van der Waals surface area contributed by atoms with Crippen LogP contribution in [0.1, 0.15) is 34.6 Å². The maximum atomic E-state index is 3.44. The molecule has 0 spiro atoms. The molecule has 247 valence electrons. The fourth-order valence-electron chi connectivity index (χ4n) is 5.76. The fourth-order valence-corrected chi connectivity index (χ4v) is 10.4. The third kappa shape index (κ3) is 10.4. The van der Waals surface area contributed by atoms with Gasteiger partial charge in [0.1, 0.15) is 0 Å². The van der Waals surface area contributed by atoms with Gasteiger partial charge in [-0.25, -0.2) is 5.57 Å². The van der Waals surface area contributed by atoms with Gasteiger partial charge in [0, 0.05) is 0 Å². The van der Waals surface area contributed by atoms with Crippen molar-refractivity contribution in [1.29, 1.82) is 0 Å². The first-order valence-electron chi connectivity index (χ1n) is 16.6. The van der Waals surface area contributed by atoms with Gasteiger partial charge in [0.15, 0.2) is 0 Å². The van der Waals surface area contributed by atoms with Gasteiger partial charge in [-0.2, -0.15) is 11.1 Å². The minimum Gasteiger partial charge on any atom is -0.263 e. The molecule has 0 saturated heterocycles. The minimum atomic E-state index is -0.446. The van der Waals surface area contributed by atoms with E-state index in [-0.39, 0.29) is 24.9 Å². The summed E-state index contributed by atoms with van der Waals surface area (Å²) in [6.07, 6.45) is 3.44. The van der Waals surface area contributed by atoms with Crippen LogP contribution in [0.25, 0.3) is 0 Å². The molecule has 0 unspecified atom stereocenters. The van der Waals surface area contributed by atoms with Crippen LogP contribution in [-0.4, -0.2) is 0 Å². The maximum absolute atomic E-state index is 3.44. The Hall–Kier alpha value is -3.72. The zero-order valence-corrected chi connectivity index (χ0v) is 32.6. The second-order valence-electron chi connectivity index (χ2n) is 12.3. The zero-order chi connectivity index (χ0) is 33.8. The number of benzene rings is 6. The van der Waals surface area contributed by atoms with Crippen molar-refractivity contribution in [3.8, 4) is 0 Å². The van der Waals surface area contributed by atoms with E-state index >= 15 is 0 Å². The second-order valence-corrected chi connectivity index (χ2v) is 16.7. The van der Waals surface area contributed by atoms with E-state index in [4.69, 9.17) is 0 Å². The monoisotopic (exact) mass is 761 g/mol. The Morgan fingerprint density at radius 1 is 0.367 bits per heavy atom. The first kappa shape index (κ1) is 38.1. The van der Waals surface area contributed by atoms with E-state index < -0.39 is 15.8 Å². The van der Waals surface area contributed by atoms with Crippen LogP contribution in [0.4, 0.5) is 0 Å². The van der Waals surface area contributed by atoms with Gasteiger partial charge >= 0.3 is 19.5 Å². The van der Waals surface area contributed by atoms with E-state index in [0.29, 0.717) is 0 Å². The van der Waals surface area contributed by atoms with Gasteiger partial charge in [0.05, 0.1) is 0 Å². The molecule has 0 atom stereocenters. The SMILES string of the molecule is CC1=[C-]C(C)(C)C(C)=C1C.[Ru+].c1ccc(P(c2ccccc2)c2ccccc2)cc1.c1ccc(P(c2ccccc2)c2ccccc2)cc1. The summed E-state index contributed by atoms with van der Waals surface area (Å²) in [5.74, 6) is 0. The summed E-state index contributed by atoms with van der Waals surface area (Å²) in [7, 11) is -0.892. The Bertz CT molecular complexity index is 1580. The Balaban J connectivity index is 0.000000172. The average Bonchev–Trinajstić information content (AvgIpc) is 3.32. The van der Waals surface area contributed by atoms with Crippen molar-refractivity contribution in [2.75, 3.05) is 0 Å². The number of allylic oxidation sites excluding steroid dienone is 4. The van der Waals surface area contributed by atoms with Gasteiger partial charge in [0.2, 0.25) is 0 Å². The third-order valence-electron chi connectivity index (χ3n) is 8.65. The molecule has 0 amide bonds. The molecule has 7 rings (SSSR count). The van der Waals surface area contributed by atoms with Gasteiger partial charge in [-0.15, -0.1) is 6.92 Å². The molecule has 49 heavy (non-hydrogen) atoms. The van der Waals surface area contributed by atoms with Crippen LogP contribution in [0.5, 0.6) is 0 Å². The van der Waals surface area contributed by atoms with Crippen molar-refractivity contribution in [2.24, 2.45) is 5.41 Å². The minimum absolute atomic E-state index is 0. The van der Waals surface area contributed by atoms with Gasteiger partial charge in [0.25, 0.3) is 0 Å². The molecule has 0 saturated carbocycles. The van der Waals surface area contributed by atoms with Crippen molar-refractivity contribution in [3.63, 3.8) is 0 Å². The smallest absolute Gasteiger partial charge is 0.263 e. The van der Waals surface area contributed by atoms with Crippen molar-refractivity contribution in [3.05, 3.63) is 205 Å². The summed E-state index contributed by atoms with van der Waals surface area (Å²) in [4.78, 5) is 0. The Kier molecular flexibility index (Phi) is 14.7. The Morgan fingerprint density at radius 2 is 0.571 bits per heavy atom. The molecule has 0 N–H and O–H groups in total. The van der Waals surface area contributed by atoms with E-state index in [0.717, 1.165) is 0 Å². The number of hydrogen-bond acceptors (Lipinski definition) is 0. The van der Waals surface area contributed by atoms with Crippen LogP contribution in [0.2, 0.25) is 0 Å². The van der Waals surface area contributed by atoms with E-state index in [9.17, 15) is 0 Å². The van der Waals surface area contributed by atoms with E-state index in [1.54, 1.807) is 0 Å². The van der Waals surface area contributed by atoms with Gasteiger partial charge in [-0.1, -0.05) is 215 Å². The van der Waals surface area contributed by atoms with Crippen LogP contribution in [0.15, 0.2) is 199 Å². The molecule has 0 bridgehead atoms. The van der Waals surface area contributed by atoms with Crippen LogP contribution >= 0.6 is 15.8 Å². The van der Waals surface area contributed by atoms with Crippen LogP contribution in [-0.2, 0) is 19.5 Å². The zero-order valence-electron chi connectivity index (χ0n) is 29.1. The van der Waals surface area contributed by atoms with Crippen molar-refractivity contribution in [2.45, 2.75) is 34.6 Å². The van der Waals surface area contributed by atoms with Crippen LogP contribution < -0.4 is 31.8 Å². The van der Waals surface area contributed by atoms with E-state index in [2.05, 4.69) is 223 Å². The molecule has 6 aromatic carbocycles. The number of rotatable bonds is 6. The topological polar surface area (TPSA) is 0 Å². The predicted molar refractivity (Wildman–Crippen MR) is 215 cm³/mol. The molecule has 1 radical (unpaired) electrons. The third-order valence-corrected chi connectivity index (χ3v) is 13.5. The maximum Gasteiger partial charge on any atom is 1.00 e. The summed E-state index contributed by atoms with van der Waals surface area (Å²) >= 11 is 0. The molecule has 6 aromatic rings. The predicted octanol–water partition coefficient (Wildman–Crippen LogP) is 10.00.